The van der Waals surface area contributed by atoms with Crippen LogP contribution in [-0.4, -0.2) is 35.3 Å². The second-order valence-electron chi connectivity index (χ2n) is 7.95. The zero-order valence-electron chi connectivity index (χ0n) is 16.6. The minimum Gasteiger partial charge on any atom is -0.462 e. The normalized spacial score (nSPS) is 18.8. The van der Waals surface area contributed by atoms with E-state index < -0.39 is 5.79 Å². The lowest BCUT2D eigenvalue weighted by molar-refractivity contribution is -0.227. The van der Waals surface area contributed by atoms with Crippen molar-refractivity contribution in [3.05, 3.63) is 59.9 Å². The molecule has 0 N–H and O–H groups in total. The Morgan fingerprint density at radius 3 is 2.61 bits per heavy atom. The van der Waals surface area contributed by atoms with Crippen LogP contribution in [0.2, 0.25) is 0 Å². The standard InChI is InChI=1S/C24H26N2O2/c1-3-26-10-8-24(9-11-26)27-16-22-14-19(6-7-23(22)28-24)18-4-5-20-15-25-17(2)12-21(20)13-18/h4-7,12-15H,3,8-11,16H2,1-2H3. The molecule has 0 unspecified atom stereocenters. The van der Waals surface area contributed by atoms with Crippen molar-refractivity contribution in [1.82, 2.24) is 9.88 Å². The summed E-state index contributed by atoms with van der Waals surface area (Å²) in [5, 5.41) is 2.39. The number of aromatic nitrogens is 1. The third kappa shape index (κ3) is 3.17. The van der Waals surface area contributed by atoms with E-state index in [-0.39, 0.29) is 0 Å². The molecule has 0 saturated carbocycles. The quantitative estimate of drug-likeness (QED) is 0.637. The highest BCUT2D eigenvalue weighted by molar-refractivity contribution is 5.87. The first-order valence-electron chi connectivity index (χ1n) is 10.2. The Morgan fingerprint density at radius 1 is 1.00 bits per heavy atom. The average molecular weight is 374 g/mol. The Bertz CT molecular complexity index is 1020. The van der Waals surface area contributed by atoms with E-state index in [2.05, 4.69) is 59.3 Å². The van der Waals surface area contributed by atoms with Gasteiger partial charge in [-0.1, -0.05) is 25.1 Å². The second kappa shape index (κ2) is 6.87. The number of hydrogen-bond donors (Lipinski definition) is 0. The van der Waals surface area contributed by atoms with Gasteiger partial charge in [0, 0.05) is 48.8 Å². The molecule has 0 amide bonds. The molecule has 4 heteroatoms. The van der Waals surface area contributed by atoms with Crippen LogP contribution in [0.15, 0.2) is 48.7 Å². The molecule has 3 heterocycles. The zero-order valence-corrected chi connectivity index (χ0v) is 16.6. The second-order valence-corrected chi connectivity index (χ2v) is 7.95. The summed E-state index contributed by atoms with van der Waals surface area (Å²) < 4.78 is 12.6. The summed E-state index contributed by atoms with van der Waals surface area (Å²) in [6, 6.07) is 15.2. The molecule has 1 spiro atoms. The van der Waals surface area contributed by atoms with E-state index in [1.165, 1.54) is 21.9 Å². The van der Waals surface area contributed by atoms with Crippen molar-refractivity contribution in [3.63, 3.8) is 0 Å². The van der Waals surface area contributed by atoms with Crippen molar-refractivity contribution in [2.45, 2.75) is 39.1 Å². The molecule has 144 valence electrons. The van der Waals surface area contributed by atoms with Gasteiger partial charge < -0.3 is 14.4 Å². The van der Waals surface area contributed by atoms with Gasteiger partial charge in [0.15, 0.2) is 0 Å². The molecule has 1 aromatic heterocycles. The molecule has 2 aliphatic rings. The fraction of sp³-hybridized carbons (Fsp3) is 0.375. The summed E-state index contributed by atoms with van der Waals surface area (Å²) in [6.07, 6.45) is 3.80. The van der Waals surface area contributed by atoms with E-state index >= 15 is 0 Å². The van der Waals surface area contributed by atoms with Crippen molar-refractivity contribution in [3.8, 4) is 16.9 Å². The monoisotopic (exact) mass is 374 g/mol. The number of nitrogens with zero attached hydrogens (tertiary/aromatic N) is 2. The summed E-state index contributed by atoms with van der Waals surface area (Å²) in [4.78, 5) is 6.83. The molecular formula is C24H26N2O2. The molecule has 0 aliphatic carbocycles. The van der Waals surface area contributed by atoms with Gasteiger partial charge in [-0.25, -0.2) is 0 Å². The van der Waals surface area contributed by atoms with E-state index in [0.29, 0.717) is 6.61 Å². The zero-order chi connectivity index (χ0) is 19.1. The Morgan fingerprint density at radius 2 is 1.79 bits per heavy atom. The van der Waals surface area contributed by atoms with Crippen LogP contribution in [0, 0.1) is 6.92 Å². The lowest BCUT2D eigenvalue weighted by atomic mass is 9.98. The maximum Gasteiger partial charge on any atom is 0.213 e. The van der Waals surface area contributed by atoms with Crippen LogP contribution < -0.4 is 4.74 Å². The first kappa shape index (κ1) is 17.7. The highest BCUT2D eigenvalue weighted by Gasteiger charge is 2.40. The number of fused-ring (bicyclic) bond motifs is 2. The number of benzene rings is 2. The topological polar surface area (TPSA) is 34.6 Å². The molecule has 2 aliphatic heterocycles. The number of rotatable bonds is 2. The van der Waals surface area contributed by atoms with Crippen LogP contribution in [0.3, 0.4) is 0 Å². The van der Waals surface area contributed by atoms with Gasteiger partial charge in [-0.05, 0) is 54.2 Å². The predicted molar refractivity (Wildman–Crippen MR) is 111 cm³/mol. The third-order valence-electron chi connectivity index (χ3n) is 6.10. The van der Waals surface area contributed by atoms with Crippen molar-refractivity contribution < 1.29 is 9.47 Å². The number of hydrogen-bond acceptors (Lipinski definition) is 4. The van der Waals surface area contributed by atoms with Crippen LogP contribution in [0.25, 0.3) is 21.9 Å². The third-order valence-corrected chi connectivity index (χ3v) is 6.10. The van der Waals surface area contributed by atoms with Gasteiger partial charge in [-0.15, -0.1) is 0 Å². The minimum atomic E-state index is -0.437. The molecular weight excluding hydrogens is 348 g/mol. The predicted octanol–water partition coefficient (Wildman–Crippen LogP) is 4.93. The highest BCUT2D eigenvalue weighted by Crippen LogP contribution is 2.39. The molecule has 1 saturated heterocycles. The van der Waals surface area contributed by atoms with Gasteiger partial charge >= 0.3 is 0 Å². The summed E-state index contributed by atoms with van der Waals surface area (Å²) >= 11 is 0. The lowest BCUT2D eigenvalue weighted by Crippen LogP contribution is -2.51. The summed E-state index contributed by atoms with van der Waals surface area (Å²) in [6.45, 7) is 8.02. The van der Waals surface area contributed by atoms with Gasteiger partial charge in [0.05, 0.1) is 6.61 Å². The number of aryl methyl sites for hydroxylation is 1. The van der Waals surface area contributed by atoms with Crippen molar-refractivity contribution >= 4 is 10.8 Å². The molecule has 0 bridgehead atoms. The first-order chi connectivity index (χ1) is 13.6. The van der Waals surface area contributed by atoms with Gasteiger partial charge in [-0.2, -0.15) is 0 Å². The molecule has 0 atom stereocenters. The molecule has 5 rings (SSSR count). The smallest absolute Gasteiger partial charge is 0.213 e. The molecule has 0 radical (unpaired) electrons. The lowest BCUT2D eigenvalue weighted by Gasteiger charge is -2.43. The molecule has 2 aromatic carbocycles. The molecule has 1 fully saturated rings. The van der Waals surface area contributed by atoms with Crippen LogP contribution in [0.1, 0.15) is 31.0 Å². The Labute approximate surface area is 166 Å². The van der Waals surface area contributed by atoms with E-state index in [9.17, 15) is 0 Å². The fourth-order valence-electron chi connectivity index (χ4n) is 4.30. The van der Waals surface area contributed by atoms with E-state index in [0.717, 1.165) is 49.5 Å². The van der Waals surface area contributed by atoms with Crippen LogP contribution >= 0.6 is 0 Å². The average Bonchev–Trinajstić information content (AvgIpc) is 2.73. The van der Waals surface area contributed by atoms with Gasteiger partial charge in [0.2, 0.25) is 5.79 Å². The van der Waals surface area contributed by atoms with Gasteiger partial charge in [0.1, 0.15) is 5.75 Å². The summed E-state index contributed by atoms with van der Waals surface area (Å²) in [5.74, 6) is 0.536. The fourth-order valence-corrected chi connectivity index (χ4v) is 4.30. The molecule has 4 nitrogen and oxygen atoms in total. The van der Waals surface area contributed by atoms with Crippen molar-refractivity contribution in [2.24, 2.45) is 0 Å². The maximum atomic E-state index is 6.37. The summed E-state index contributed by atoms with van der Waals surface area (Å²) in [5.41, 5.74) is 4.57. The summed E-state index contributed by atoms with van der Waals surface area (Å²) in [7, 11) is 0. The van der Waals surface area contributed by atoms with E-state index in [4.69, 9.17) is 9.47 Å². The molecule has 28 heavy (non-hydrogen) atoms. The van der Waals surface area contributed by atoms with Crippen LogP contribution in [0.4, 0.5) is 0 Å². The Hall–Kier alpha value is -2.43. The number of likely N-dealkylation sites (tertiary alicyclic amines) is 1. The maximum absolute atomic E-state index is 6.37. The van der Waals surface area contributed by atoms with E-state index in [1.54, 1.807) is 0 Å². The van der Waals surface area contributed by atoms with Gasteiger partial charge in [-0.3, -0.25) is 4.98 Å². The number of ether oxygens (including phenoxy) is 2. The van der Waals surface area contributed by atoms with E-state index in [1.807, 2.05) is 13.1 Å². The SMILES string of the molecule is CCN1CCC2(CC1)OCc1cc(-c3ccc4cnc(C)cc4c3)ccc1O2. The minimum absolute atomic E-state index is 0.437. The Kier molecular flexibility index (Phi) is 4.33. The number of piperidine rings is 1. The van der Waals surface area contributed by atoms with Crippen LogP contribution in [0.5, 0.6) is 5.75 Å². The highest BCUT2D eigenvalue weighted by atomic mass is 16.7. The number of pyridine rings is 1. The molecule has 3 aromatic rings. The first-order valence-corrected chi connectivity index (χ1v) is 10.2. The van der Waals surface area contributed by atoms with Crippen molar-refractivity contribution in [2.75, 3.05) is 19.6 Å². The largest absolute Gasteiger partial charge is 0.462 e. The Balaban J connectivity index is 1.42. The van der Waals surface area contributed by atoms with Crippen molar-refractivity contribution in [1.29, 1.82) is 0 Å². The van der Waals surface area contributed by atoms with Crippen LogP contribution in [-0.2, 0) is 11.3 Å². The van der Waals surface area contributed by atoms with Gasteiger partial charge in [0.25, 0.3) is 0 Å².